The van der Waals surface area contributed by atoms with Crippen molar-refractivity contribution in [3.8, 4) is 0 Å². The van der Waals surface area contributed by atoms with E-state index in [9.17, 15) is 18.4 Å². The van der Waals surface area contributed by atoms with Gasteiger partial charge in [-0.3, -0.25) is 4.79 Å². The van der Waals surface area contributed by atoms with E-state index in [2.05, 4.69) is 5.32 Å². The predicted octanol–water partition coefficient (Wildman–Crippen LogP) is 2.84. The van der Waals surface area contributed by atoms with Crippen LogP contribution in [0.3, 0.4) is 0 Å². The Bertz CT molecular complexity index is 701. The van der Waals surface area contributed by atoms with E-state index in [1.807, 2.05) is 0 Å². The number of carbonyl (C=O) groups excluding carboxylic acids is 1. The zero-order valence-corrected chi connectivity index (χ0v) is 10.8. The van der Waals surface area contributed by atoms with E-state index in [1.165, 1.54) is 30.3 Å². The monoisotopic (exact) mass is 291 g/mol. The number of hydrogen-bond acceptors (Lipinski definition) is 2. The van der Waals surface area contributed by atoms with Gasteiger partial charge in [0.1, 0.15) is 0 Å². The summed E-state index contributed by atoms with van der Waals surface area (Å²) >= 11 is 0. The van der Waals surface area contributed by atoms with Gasteiger partial charge in [0.05, 0.1) is 17.7 Å². The van der Waals surface area contributed by atoms with Gasteiger partial charge in [0, 0.05) is 5.56 Å². The summed E-state index contributed by atoms with van der Waals surface area (Å²) in [5.74, 6) is -3.94. The summed E-state index contributed by atoms with van der Waals surface area (Å²) in [6.45, 7) is 0. The fraction of sp³-hybridized carbons (Fsp3) is 0.0667. The first-order valence-corrected chi connectivity index (χ1v) is 6.04. The average molecular weight is 291 g/mol. The number of para-hydroxylation sites is 1. The minimum atomic E-state index is -1.19. The van der Waals surface area contributed by atoms with Crippen LogP contribution in [0.25, 0.3) is 0 Å². The van der Waals surface area contributed by atoms with Crippen molar-refractivity contribution in [1.29, 1.82) is 0 Å². The van der Waals surface area contributed by atoms with Gasteiger partial charge in [-0.25, -0.2) is 13.6 Å². The average Bonchev–Trinajstić information content (AvgIpc) is 2.44. The van der Waals surface area contributed by atoms with Crippen molar-refractivity contribution in [2.45, 2.75) is 6.42 Å². The van der Waals surface area contributed by atoms with Gasteiger partial charge < -0.3 is 10.4 Å². The zero-order chi connectivity index (χ0) is 15.4. The highest BCUT2D eigenvalue weighted by atomic mass is 19.2. The molecule has 108 valence electrons. The SMILES string of the molecule is O=C(Cc1cccc(F)c1F)Nc1ccccc1C(=O)O. The molecule has 0 unspecified atom stereocenters. The molecule has 21 heavy (non-hydrogen) atoms. The van der Waals surface area contributed by atoms with Crippen LogP contribution in [0.1, 0.15) is 15.9 Å². The molecule has 0 aliphatic heterocycles. The first kappa shape index (κ1) is 14.6. The summed E-state index contributed by atoms with van der Waals surface area (Å²) in [5.41, 5.74) is -0.0716. The first-order valence-electron chi connectivity index (χ1n) is 6.04. The normalized spacial score (nSPS) is 10.2. The van der Waals surface area contributed by atoms with Gasteiger partial charge in [0.25, 0.3) is 0 Å². The molecule has 0 spiro atoms. The minimum absolute atomic E-state index is 0.0782. The molecule has 2 N–H and O–H groups in total. The Morgan fingerprint density at radius 2 is 1.76 bits per heavy atom. The smallest absolute Gasteiger partial charge is 0.337 e. The van der Waals surface area contributed by atoms with E-state index in [-0.39, 0.29) is 16.8 Å². The maximum atomic E-state index is 13.5. The van der Waals surface area contributed by atoms with Crippen molar-refractivity contribution in [3.05, 3.63) is 65.2 Å². The Balaban J connectivity index is 2.16. The van der Waals surface area contributed by atoms with Crippen LogP contribution in [0.5, 0.6) is 0 Å². The van der Waals surface area contributed by atoms with E-state index in [0.717, 1.165) is 6.07 Å². The number of carbonyl (C=O) groups is 2. The topological polar surface area (TPSA) is 66.4 Å². The second kappa shape index (κ2) is 6.13. The number of rotatable bonds is 4. The third-order valence-electron chi connectivity index (χ3n) is 2.81. The molecule has 0 fully saturated rings. The van der Waals surface area contributed by atoms with Gasteiger partial charge in [-0.1, -0.05) is 24.3 Å². The molecule has 0 saturated carbocycles. The van der Waals surface area contributed by atoms with Crippen molar-refractivity contribution in [2.24, 2.45) is 0 Å². The standard InChI is InChI=1S/C15H11F2NO3/c16-11-6-3-4-9(14(11)17)8-13(19)18-12-7-2-1-5-10(12)15(20)21/h1-7H,8H2,(H,18,19)(H,20,21). The molecule has 0 aliphatic carbocycles. The minimum Gasteiger partial charge on any atom is -0.478 e. The molecule has 6 heteroatoms. The Labute approximate surface area is 119 Å². The number of benzene rings is 2. The van der Waals surface area contributed by atoms with E-state index >= 15 is 0 Å². The lowest BCUT2D eigenvalue weighted by molar-refractivity contribution is -0.115. The second-order valence-corrected chi connectivity index (χ2v) is 4.29. The van der Waals surface area contributed by atoms with Crippen molar-refractivity contribution in [1.82, 2.24) is 0 Å². The Morgan fingerprint density at radius 3 is 2.48 bits per heavy atom. The maximum Gasteiger partial charge on any atom is 0.337 e. The summed E-state index contributed by atoms with van der Waals surface area (Å²) in [4.78, 5) is 22.8. The third kappa shape index (κ3) is 3.42. The molecule has 0 radical (unpaired) electrons. The molecule has 2 aromatic rings. The zero-order valence-electron chi connectivity index (χ0n) is 10.8. The molecule has 4 nitrogen and oxygen atoms in total. The van der Waals surface area contributed by atoms with E-state index in [1.54, 1.807) is 6.07 Å². The van der Waals surface area contributed by atoms with Gasteiger partial charge in [-0.2, -0.15) is 0 Å². The number of halogens is 2. The number of carboxylic acid groups (broad SMARTS) is 1. The molecule has 0 atom stereocenters. The highest BCUT2D eigenvalue weighted by molar-refractivity contribution is 6.00. The highest BCUT2D eigenvalue weighted by Gasteiger charge is 2.14. The number of amides is 1. The Kier molecular flexibility index (Phi) is 4.27. The van der Waals surface area contributed by atoms with E-state index < -0.39 is 29.9 Å². The van der Waals surface area contributed by atoms with Crippen molar-refractivity contribution < 1.29 is 23.5 Å². The van der Waals surface area contributed by atoms with Crippen LogP contribution >= 0.6 is 0 Å². The van der Waals surface area contributed by atoms with E-state index in [0.29, 0.717) is 0 Å². The van der Waals surface area contributed by atoms with Gasteiger partial charge in [0.2, 0.25) is 5.91 Å². The molecule has 2 aromatic carbocycles. The summed E-state index contributed by atoms with van der Waals surface area (Å²) in [7, 11) is 0. The van der Waals surface area contributed by atoms with Crippen molar-refractivity contribution in [2.75, 3.05) is 5.32 Å². The van der Waals surface area contributed by atoms with Gasteiger partial charge in [-0.05, 0) is 18.2 Å². The largest absolute Gasteiger partial charge is 0.478 e. The molecule has 0 bridgehead atoms. The molecule has 0 aliphatic rings. The predicted molar refractivity (Wildman–Crippen MR) is 72.1 cm³/mol. The second-order valence-electron chi connectivity index (χ2n) is 4.29. The van der Waals surface area contributed by atoms with Crippen molar-refractivity contribution in [3.63, 3.8) is 0 Å². The van der Waals surface area contributed by atoms with Crippen LogP contribution in [-0.4, -0.2) is 17.0 Å². The third-order valence-corrected chi connectivity index (χ3v) is 2.81. The fourth-order valence-corrected chi connectivity index (χ4v) is 1.83. The highest BCUT2D eigenvalue weighted by Crippen LogP contribution is 2.16. The molecule has 1 amide bonds. The first-order chi connectivity index (χ1) is 9.99. The van der Waals surface area contributed by atoms with E-state index in [4.69, 9.17) is 5.11 Å². The fourth-order valence-electron chi connectivity index (χ4n) is 1.83. The number of hydrogen-bond donors (Lipinski definition) is 2. The van der Waals surface area contributed by atoms with Gasteiger partial charge >= 0.3 is 5.97 Å². The maximum absolute atomic E-state index is 13.5. The molecule has 0 saturated heterocycles. The van der Waals surface area contributed by atoms with Crippen LogP contribution in [0.15, 0.2) is 42.5 Å². The molecule has 0 aromatic heterocycles. The summed E-state index contributed by atoms with van der Waals surface area (Å²) < 4.78 is 26.5. The number of carboxylic acids is 1. The number of aromatic carboxylic acids is 1. The van der Waals surface area contributed by atoms with Crippen LogP contribution < -0.4 is 5.32 Å². The van der Waals surface area contributed by atoms with Crippen LogP contribution in [0, 0.1) is 11.6 Å². The molecule has 0 heterocycles. The molecule has 2 rings (SSSR count). The van der Waals surface area contributed by atoms with Crippen molar-refractivity contribution >= 4 is 17.6 Å². The molecular weight excluding hydrogens is 280 g/mol. The summed E-state index contributed by atoms with van der Waals surface area (Å²) in [5, 5.41) is 11.4. The summed E-state index contributed by atoms with van der Waals surface area (Å²) in [6, 6.07) is 9.38. The quantitative estimate of drug-likeness (QED) is 0.910. The Morgan fingerprint density at radius 1 is 1.05 bits per heavy atom. The molecular formula is C15H11F2NO3. The van der Waals surface area contributed by atoms with Gasteiger partial charge in [0.15, 0.2) is 11.6 Å². The lowest BCUT2D eigenvalue weighted by atomic mass is 10.1. The van der Waals surface area contributed by atoms with Crippen LogP contribution in [0.2, 0.25) is 0 Å². The van der Waals surface area contributed by atoms with Crippen LogP contribution in [-0.2, 0) is 11.2 Å². The van der Waals surface area contributed by atoms with Gasteiger partial charge in [-0.15, -0.1) is 0 Å². The lowest BCUT2D eigenvalue weighted by Gasteiger charge is -2.09. The summed E-state index contributed by atoms with van der Waals surface area (Å²) in [6.07, 6.45) is -0.391. The Hall–Kier alpha value is -2.76. The van der Waals surface area contributed by atoms with Crippen LogP contribution in [0.4, 0.5) is 14.5 Å². The number of nitrogens with one attached hydrogen (secondary N) is 1. The number of anilines is 1. The lowest BCUT2D eigenvalue weighted by Crippen LogP contribution is -2.17.